The van der Waals surface area contributed by atoms with E-state index in [-0.39, 0.29) is 30.8 Å². The quantitative estimate of drug-likeness (QED) is 0.565. The second-order valence-corrected chi connectivity index (χ2v) is 2.86. The molecule has 0 bridgehead atoms. The van der Waals surface area contributed by atoms with Crippen molar-refractivity contribution in [2.75, 3.05) is 13.7 Å². The van der Waals surface area contributed by atoms with Crippen molar-refractivity contribution in [1.29, 1.82) is 0 Å². The maximum atomic E-state index is 11.0. The molecule has 3 N–H and O–H groups in total. The molecule has 0 radical (unpaired) electrons. The number of rotatable bonds is 5. The normalized spacial score (nSPS) is 11.9. The topological polar surface area (TPSA) is 81.4 Å². The van der Waals surface area contributed by atoms with Crippen molar-refractivity contribution in [2.45, 2.75) is 25.8 Å². The van der Waals surface area contributed by atoms with Gasteiger partial charge in [-0.25, -0.2) is 0 Å². The van der Waals surface area contributed by atoms with E-state index >= 15 is 0 Å². The number of methoxy groups -OCH3 is 1. The van der Waals surface area contributed by atoms with E-state index in [4.69, 9.17) is 5.73 Å². The predicted octanol–water partition coefficient (Wildman–Crippen LogP) is -0.597. The molecule has 1 amide bonds. The maximum Gasteiger partial charge on any atom is 0.307 e. The third-order valence-corrected chi connectivity index (χ3v) is 1.39. The van der Waals surface area contributed by atoms with E-state index < -0.39 is 0 Å². The average molecular weight is 188 g/mol. The van der Waals surface area contributed by atoms with Crippen molar-refractivity contribution in [3.8, 4) is 0 Å². The third kappa shape index (κ3) is 7.27. The van der Waals surface area contributed by atoms with Crippen LogP contribution in [0.15, 0.2) is 0 Å². The molecule has 0 saturated heterocycles. The monoisotopic (exact) mass is 188 g/mol. The van der Waals surface area contributed by atoms with Crippen LogP contribution < -0.4 is 11.1 Å². The molecular formula is C8H16N2O3. The van der Waals surface area contributed by atoms with Crippen LogP contribution in [0.4, 0.5) is 0 Å². The Hall–Kier alpha value is -1.10. The molecule has 13 heavy (non-hydrogen) atoms. The summed E-state index contributed by atoms with van der Waals surface area (Å²) in [5.41, 5.74) is 5.40. The van der Waals surface area contributed by atoms with Gasteiger partial charge in [-0.2, -0.15) is 0 Å². The van der Waals surface area contributed by atoms with Gasteiger partial charge in [0, 0.05) is 19.0 Å². The third-order valence-electron chi connectivity index (χ3n) is 1.39. The predicted molar refractivity (Wildman–Crippen MR) is 47.9 cm³/mol. The first kappa shape index (κ1) is 11.9. The smallest absolute Gasteiger partial charge is 0.307 e. The average Bonchev–Trinajstić information content (AvgIpc) is 2.02. The second-order valence-electron chi connectivity index (χ2n) is 2.86. The van der Waals surface area contributed by atoms with E-state index in [9.17, 15) is 9.59 Å². The van der Waals surface area contributed by atoms with Crippen LogP contribution in [0.1, 0.15) is 19.8 Å². The number of hydrogen-bond donors (Lipinski definition) is 2. The lowest BCUT2D eigenvalue weighted by Gasteiger charge is -2.05. The number of nitrogens with two attached hydrogens (primary N) is 1. The highest BCUT2D eigenvalue weighted by Gasteiger charge is 2.05. The van der Waals surface area contributed by atoms with Crippen LogP contribution in [0.5, 0.6) is 0 Å². The highest BCUT2D eigenvalue weighted by Crippen LogP contribution is 1.86. The first-order chi connectivity index (χ1) is 6.06. The fourth-order valence-corrected chi connectivity index (χ4v) is 0.771. The molecule has 1 atom stereocenters. The molecule has 0 aliphatic rings. The van der Waals surface area contributed by atoms with Gasteiger partial charge in [0.2, 0.25) is 5.91 Å². The molecule has 5 nitrogen and oxygen atoms in total. The Morgan fingerprint density at radius 1 is 1.54 bits per heavy atom. The van der Waals surface area contributed by atoms with Crippen molar-refractivity contribution in [2.24, 2.45) is 5.73 Å². The largest absolute Gasteiger partial charge is 0.469 e. The second kappa shape index (κ2) is 6.42. The number of esters is 1. The summed E-state index contributed by atoms with van der Waals surface area (Å²) in [6.07, 6.45) is 0.475. The van der Waals surface area contributed by atoms with Crippen LogP contribution in [0.25, 0.3) is 0 Å². The molecule has 0 fully saturated rings. The lowest BCUT2D eigenvalue weighted by atomic mass is 10.2. The number of carbonyl (C=O) groups is 2. The Bertz CT molecular complexity index is 180. The fraction of sp³-hybridized carbons (Fsp3) is 0.750. The van der Waals surface area contributed by atoms with Crippen LogP contribution in [0.2, 0.25) is 0 Å². The summed E-state index contributed by atoms with van der Waals surface area (Å²) in [5.74, 6) is -0.472. The standard InChI is InChI=1S/C8H16N2O3/c1-6(9)5-7(11)10-4-3-8(12)13-2/h6H,3-5,9H2,1-2H3,(H,10,11). The first-order valence-corrected chi connectivity index (χ1v) is 4.15. The molecule has 0 spiro atoms. The molecule has 0 saturated carbocycles. The van der Waals surface area contributed by atoms with E-state index in [2.05, 4.69) is 10.1 Å². The molecule has 5 heteroatoms. The van der Waals surface area contributed by atoms with Gasteiger partial charge in [0.1, 0.15) is 0 Å². The van der Waals surface area contributed by atoms with Gasteiger partial charge < -0.3 is 15.8 Å². The van der Waals surface area contributed by atoms with Crippen molar-refractivity contribution in [3.63, 3.8) is 0 Å². The minimum atomic E-state index is -0.332. The van der Waals surface area contributed by atoms with Gasteiger partial charge in [-0.3, -0.25) is 9.59 Å². The van der Waals surface area contributed by atoms with Crippen LogP contribution in [-0.2, 0) is 14.3 Å². The molecular weight excluding hydrogens is 172 g/mol. The first-order valence-electron chi connectivity index (χ1n) is 4.15. The summed E-state index contributed by atoms with van der Waals surface area (Å²) in [7, 11) is 1.31. The number of ether oxygens (including phenoxy) is 1. The Kier molecular flexibility index (Phi) is 5.88. The molecule has 1 unspecified atom stereocenters. The highest BCUT2D eigenvalue weighted by molar-refractivity contribution is 5.77. The van der Waals surface area contributed by atoms with Crippen molar-refractivity contribution < 1.29 is 14.3 Å². The molecule has 0 aliphatic carbocycles. The van der Waals surface area contributed by atoms with E-state index in [1.165, 1.54) is 7.11 Å². The molecule has 0 aromatic rings. The molecule has 76 valence electrons. The SMILES string of the molecule is COC(=O)CCNC(=O)CC(C)N. The molecule has 0 aliphatic heterocycles. The lowest BCUT2D eigenvalue weighted by molar-refractivity contribution is -0.140. The van der Waals surface area contributed by atoms with Gasteiger partial charge in [0.25, 0.3) is 0 Å². The summed E-state index contributed by atoms with van der Waals surface area (Å²) in [6, 6.07) is -0.155. The van der Waals surface area contributed by atoms with Gasteiger partial charge in [0.05, 0.1) is 13.5 Å². The van der Waals surface area contributed by atoms with Gasteiger partial charge in [0.15, 0.2) is 0 Å². The Morgan fingerprint density at radius 3 is 2.62 bits per heavy atom. The zero-order valence-electron chi connectivity index (χ0n) is 8.00. The maximum absolute atomic E-state index is 11.0. The Balaban J connectivity index is 3.42. The molecule has 0 aromatic carbocycles. The van der Waals surface area contributed by atoms with Crippen LogP contribution in [-0.4, -0.2) is 31.6 Å². The van der Waals surface area contributed by atoms with Crippen molar-refractivity contribution in [3.05, 3.63) is 0 Å². The van der Waals surface area contributed by atoms with E-state index in [1.807, 2.05) is 0 Å². The molecule has 0 rings (SSSR count). The zero-order chi connectivity index (χ0) is 10.3. The van der Waals surface area contributed by atoms with E-state index in [0.29, 0.717) is 6.54 Å². The highest BCUT2D eigenvalue weighted by atomic mass is 16.5. The van der Waals surface area contributed by atoms with Crippen LogP contribution >= 0.6 is 0 Å². The summed E-state index contributed by atoms with van der Waals surface area (Å²) in [5, 5.41) is 2.56. The summed E-state index contributed by atoms with van der Waals surface area (Å²) in [4.78, 5) is 21.6. The minimum Gasteiger partial charge on any atom is -0.469 e. The zero-order valence-corrected chi connectivity index (χ0v) is 8.00. The van der Waals surface area contributed by atoms with E-state index in [0.717, 1.165) is 0 Å². The Morgan fingerprint density at radius 2 is 2.15 bits per heavy atom. The van der Waals surface area contributed by atoms with Gasteiger partial charge in [-0.05, 0) is 6.92 Å². The van der Waals surface area contributed by atoms with E-state index in [1.54, 1.807) is 6.92 Å². The van der Waals surface area contributed by atoms with Gasteiger partial charge in [-0.1, -0.05) is 0 Å². The van der Waals surface area contributed by atoms with Crippen LogP contribution in [0, 0.1) is 0 Å². The summed E-state index contributed by atoms with van der Waals surface area (Å²) in [6.45, 7) is 2.05. The minimum absolute atomic E-state index is 0.140. The van der Waals surface area contributed by atoms with Gasteiger partial charge >= 0.3 is 5.97 Å². The molecule has 0 aromatic heterocycles. The van der Waals surface area contributed by atoms with Crippen molar-refractivity contribution >= 4 is 11.9 Å². The van der Waals surface area contributed by atoms with Crippen LogP contribution in [0.3, 0.4) is 0 Å². The Labute approximate surface area is 77.6 Å². The molecule has 0 heterocycles. The summed E-state index contributed by atoms with van der Waals surface area (Å²) >= 11 is 0. The number of amides is 1. The fourth-order valence-electron chi connectivity index (χ4n) is 0.771. The lowest BCUT2D eigenvalue weighted by Crippen LogP contribution is -2.31. The number of carbonyl (C=O) groups excluding carboxylic acids is 2. The van der Waals surface area contributed by atoms with Gasteiger partial charge in [-0.15, -0.1) is 0 Å². The number of nitrogens with one attached hydrogen (secondary N) is 1. The number of hydrogen-bond acceptors (Lipinski definition) is 4. The summed E-state index contributed by atoms with van der Waals surface area (Å²) < 4.78 is 4.40. The van der Waals surface area contributed by atoms with Crippen molar-refractivity contribution in [1.82, 2.24) is 5.32 Å².